The first kappa shape index (κ1) is 13.5. The lowest BCUT2D eigenvalue weighted by Crippen LogP contribution is -2.13. The molecule has 0 saturated carbocycles. The fraction of sp³-hybridized carbons (Fsp3) is 0. The van der Waals surface area contributed by atoms with Crippen LogP contribution in [0.15, 0.2) is 42.5 Å². The van der Waals surface area contributed by atoms with Crippen molar-refractivity contribution in [1.82, 2.24) is 0 Å². The van der Waals surface area contributed by atoms with E-state index < -0.39 is 17.7 Å². The maximum atomic E-state index is 12.8. The van der Waals surface area contributed by atoms with Crippen molar-refractivity contribution in [3.05, 3.63) is 59.4 Å². The van der Waals surface area contributed by atoms with Crippen molar-refractivity contribution in [3.63, 3.8) is 0 Å². The Morgan fingerprint density at radius 2 is 1.65 bits per heavy atom. The number of nitrogens with two attached hydrogens (primary N) is 1. The minimum atomic E-state index is -1.10. The molecule has 0 fully saturated rings. The van der Waals surface area contributed by atoms with Gasteiger partial charge in [-0.1, -0.05) is 0 Å². The number of nitrogen functional groups attached to an aromatic ring is 1. The Morgan fingerprint density at radius 3 is 2.20 bits per heavy atom. The molecule has 2 rings (SSSR count). The normalized spacial score (nSPS) is 10.1. The van der Waals surface area contributed by atoms with Crippen molar-refractivity contribution in [2.45, 2.75) is 0 Å². The van der Waals surface area contributed by atoms with Crippen LogP contribution in [0.1, 0.15) is 20.7 Å². The van der Waals surface area contributed by atoms with Crippen molar-refractivity contribution in [2.24, 2.45) is 0 Å². The molecule has 1 amide bonds. The van der Waals surface area contributed by atoms with Gasteiger partial charge in [-0.25, -0.2) is 9.18 Å². The van der Waals surface area contributed by atoms with Gasteiger partial charge in [0, 0.05) is 5.56 Å². The second-order valence-corrected chi connectivity index (χ2v) is 4.07. The monoisotopic (exact) mass is 274 g/mol. The second kappa shape index (κ2) is 5.40. The molecular weight excluding hydrogens is 263 g/mol. The number of nitrogens with one attached hydrogen (secondary N) is 1. The standard InChI is InChI=1S/C14H11FN2O3/c15-10-4-1-8(2-5-10)13(18)17-12-6-3-9(14(19)20)7-11(12)16/h1-7H,16H2,(H,17,18)(H,19,20). The quantitative estimate of drug-likeness (QED) is 0.749. The van der Waals surface area contributed by atoms with Crippen LogP contribution in [0.2, 0.25) is 0 Å². The summed E-state index contributed by atoms with van der Waals surface area (Å²) in [5, 5.41) is 11.3. The summed E-state index contributed by atoms with van der Waals surface area (Å²) in [6.45, 7) is 0. The molecule has 0 aromatic heterocycles. The van der Waals surface area contributed by atoms with Gasteiger partial charge in [-0.05, 0) is 42.5 Å². The highest BCUT2D eigenvalue weighted by Crippen LogP contribution is 2.20. The van der Waals surface area contributed by atoms with Gasteiger partial charge < -0.3 is 16.2 Å². The third-order valence-corrected chi connectivity index (χ3v) is 2.65. The van der Waals surface area contributed by atoms with Crippen LogP contribution in [-0.2, 0) is 0 Å². The summed E-state index contributed by atoms with van der Waals surface area (Å²) in [6.07, 6.45) is 0. The number of carboxylic acid groups (broad SMARTS) is 1. The molecule has 0 bridgehead atoms. The van der Waals surface area contributed by atoms with Gasteiger partial charge in [0.25, 0.3) is 5.91 Å². The van der Waals surface area contributed by atoms with Gasteiger partial charge in [0.05, 0.1) is 16.9 Å². The zero-order valence-electron chi connectivity index (χ0n) is 10.3. The molecule has 6 heteroatoms. The first-order valence-corrected chi connectivity index (χ1v) is 5.67. The molecule has 2 aromatic carbocycles. The van der Waals surface area contributed by atoms with E-state index in [1.807, 2.05) is 0 Å². The minimum absolute atomic E-state index is 0.0299. The van der Waals surface area contributed by atoms with E-state index in [9.17, 15) is 14.0 Å². The topological polar surface area (TPSA) is 92.4 Å². The fourth-order valence-electron chi connectivity index (χ4n) is 1.61. The van der Waals surface area contributed by atoms with Crippen molar-refractivity contribution in [2.75, 3.05) is 11.1 Å². The van der Waals surface area contributed by atoms with Crippen molar-refractivity contribution < 1.29 is 19.1 Å². The zero-order chi connectivity index (χ0) is 14.7. The summed E-state index contributed by atoms with van der Waals surface area (Å²) in [5.41, 5.74) is 6.41. The fourth-order valence-corrected chi connectivity index (χ4v) is 1.61. The number of benzene rings is 2. The van der Waals surface area contributed by atoms with Crippen molar-refractivity contribution in [3.8, 4) is 0 Å². The smallest absolute Gasteiger partial charge is 0.335 e. The molecule has 2 aromatic rings. The molecule has 5 nitrogen and oxygen atoms in total. The Labute approximate surface area is 113 Å². The van der Waals surface area contributed by atoms with E-state index >= 15 is 0 Å². The van der Waals surface area contributed by atoms with Crippen LogP contribution in [0, 0.1) is 5.82 Å². The molecule has 0 heterocycles. The third kappa shape index (κ3) is 2.92. The number of hydrogen-bond acceptors (Lipinski definition) is 3. The van der Waals surface area contributed by atoms with Gasteiger partial charge in [-0.15, -0.1) is 0 Å². The molecule has 0 aliphatic carbocycles. The highest BCUT2D eigenvalue weighted by molar-refractivity contribution is 6.06. The number of carboxylic acids is 1. The molecule has 0 saturated heterocycles. The largest absolute Gasteiger partial charge is 0.478 e. The summed E-state index contributed by atoms with van der Waals surface area (Å²) in [7, 11) is 0. The van der Waals surface area contributed by atoms with E-state index in [4.69, 9.17) is 10.8 Å². The van der Waals surface area contributed by atoms with Crippen LogP contribution in [0.25, 0.3) is 0 Å². The first-order valence-electron chi connectivity index (χ1n) is 5.67. The minimum Gasteiger partial charge on any atom is -0.478 e. The lowest BCUT2D eigenvalue weighted by Gasteiger charge is -2.09. The van der Waals surface area contributed by atoms with Crippen molar-refractivity contribution >= 4 is 23.3 Å². The van der Waals surface area contributed by atoms with E-state index in [1.165, 1.54) is 42.5 Å². The molecule has 0 spiro atoms. The summed E-state index contributed by atoms with van der Waals surface area (Å²) < 4.78 is 12.8. The predicted molar refractivity (Wildman–Crippen MR) is 72.2 cm³/mol. The van der Waals surface area contributed by atoms with Gasteiger partial charge in [-0.3, -0.25) is 4.79 Å². The number of carbonyl (C=O) groups is 2. The number of rotatable bonds is 3. The molecule has 4 N–H and O–H groups in total. The average Bonchev–Trinajstić information content (AvgIpc) is 2.41. The van der Waals surface area contributed by atoms with Gasteiger partial charge in [0.1, 0.15) is 5.82 Å². The van der Waals surface area contributed by atoms with Gasteiger partial charge >= 0.3 is 5.97 Å². The predicted octanol–water partition coefficient (Wildman–Crippen LogP) is 2.36. The molecule has 0 aliphatic heterocycles. The van der Waals surface area contributed by atoms with Crippen molar-refractivity contribution in [1.29, 1.82) is 0 Å². The van der Waals surface area contributed by atoms with E-state index in [0.29, 0.717) is 5.69 Å². The molecule has 0 radical (unpaired) electrons. The van der Waals surface area contributed by atoms with Crippen LogP contribution < -0.4 is 11.1 Å². The van der Waals surface area contributed by atoms with Crippen LogP contribution in [-0.4, -0.2) is 17.0 Å². The Bertz CT molecular complexity index is 669. The van der Waals surface area contributed by atoms with Gasteiger partial charge in [0.2, 0.25) is 0 Å². The summed E-state index contributed by atoms with van der Waals surface area (Å²) >= 11 is 0. The number of hydrogen-bond donors (Lipinski definition) is 3. The summed E-state index contributed by atoms with van der Waals surface area (Å²) in [4.78, 5) is 22.7. The maximum absolute atomic E-state index is 12.8. The Morgan fingerprint density at radius 1 is 1.05 bits per heavy atom. The van der Waals surface area contributed by atoms with E-state index in [2.05, 4.69) is 5.32 Å². The number of amides is 1. The molecule has 0 unspecified atom stereocenters. The molecular formula is C14H11FN2O3. The highest BCUT2D eigenvalue weighted by Gasteiger charge is 2.10. The lowest BCUT2D eigenvalue weighted by atomic mass is 10.1. The molecule has 0 aliphatic rings. The average molecular weight is 274 g/mol. The first-order chi connectivity index (χ1) is 9.47. The van der Waals surface area contributed by atoms with Crippen LogP contribution >= 0.6 is 0 Å². The number of carbonyl (C=O) groups excluding carboxylic acids is 1. The SMILES string of the molecule is Nc1cc(C(=O)O)ccc1NC(=O)c1ccc(F)cc1. The number of halogens is 1. The van der Waals surface area contributed by atoms with Crippen LogP contribution in [0.4, 0.5) is 15.8 Å². The highest BCUT2D eigenvalue weighted by atomic mass is 19.1. The summed E-state index contributed by atoms with van der Waals surface area (Å²) in [6, 6.07) is 9.01. The number of aromatic carboxylic acids is 1. The van der Waals surface area contributed by atoms with E-state index in [-0.39, 0.29) is 16.8 Å². The Hall–Kier alpha value is -2.89. The second-order valence-electron chi connectivity index (χ2n) is 4.07. The number of anilines is 2. The lowest BCUT2D eigenvalue weighted by molar-refractivity contribution is 0.0697. The van der Waals surface area contributed by atoms with Gasteiger partial charge in [0.15, 0.2) is 0 Å². The Balaban J connectivity index is 2.19. The molecule has 0 atom stereocenters. The zero-order valence-corrected chi connectivity index (χ0v) is 10.3. The molecule has 102 valence electrons. The maximum Gasteiger partial charge on any atom is 0.335 e. The Kier molecular flexibility index (Phi) is 3.65. The summed E-state index contributed by atoms with van der Waals surface area (Å²) in [5.74, 6) is -2.00. The van der Waals surface area contributed by atoms with Gasteiger partial charge in [-0.2, -0.15) is 0 Å². The van der Waals surface area contributed by atoms with Crippen LogP contribution in [0.3, 0.4) is 0 Å². The van der Waals surface area contributed by atoms with E-state index in [0.717, 1.165) is 0 Å². The third-order valence-electron chi connectivity index (χ3n) is 2.65. The van der Waals surface area contributed by atoms with E-state index in [1.54, 1.807) is 0 Å². The molecule has 20 heavy (non-hydrogen) atoms. The van der Waals surface area contributed by atoms with Crippen LogP contribution in [0.5, 0.6) is 0 Å².